The maximum Gasteiger partial charge on any atom is 0.410 e. The van der Waals surface area contributed by atoms with Crippen molar-refractivity contribution in [2.75, 3.05) is 46.4 Å². The lowest BCUT2D eigenvalue weighted by Gasteiger charge is -2.33. The van der Waals surface area contributed by atoms with Gasteiger partial charge >= 0.3 is 12.1 Å². The smallest absolute Gasteiger partial charge is 0.410 e. The number of aliphatic hydroxyl groups is 1. The van der Waals surface area contributed by atoms with Gasteiger partial charge in [-0.3, -0.25) is 4.79 Å². The zero-order chi connectivity index (χ0) is 33.2. The summed E-state index contributed by atoms with van der Waals surface area (Å²) in [6.07, 6.45) is 4.42. The Kier molecular flexibility index (Phi) is 10.5. The van der Waals surface area contributed by atoms with Gasteiger partial charge in [0, 0.05) is 32.1 Å². The monoisotopic (exact) mass is 662 g/mol. The van der Waals surface area contributed by atoms with Gasteiger partial charge in [-0.2, -0.15) is 9.19 Å². The number of halogens is 1. The number of carbonyl (C=O) groups excluding carboxylic acids is 2. The Morgan fingerprint density at radius 3 is 2.52 bits per heavy atom. The van der Waals surface area contributed by atoms with Crippen molar-refractivity contribution in [2.24, 2.45) is 11.8 Å². The maximum atomic E-state index is 15.2. The summed E-state index contributed by atoms with van der Waals surface area (Å²) in [5.41, 5.74) is 1.02. The minimum Gasteiger partial charge on any atom is -0.457 e. The van der Waals surface area contributed by atoms with E-state index in [1.165, 1.54) is 18.3 Å². The third-order valence-electron chi connectivity index (χ3n) is 9.00. The van der Waals surface area contributed by atoms with Gasteiger partial charge in [0.05, 0.1) is 42.8 Å². The van der Waals surface area contributed by atoms with E-state index >= 15 is 4.39 Å². The summed E-state index contributed by atoms with van der Waals surface area (Å²) in [6.45, 7) is 8.30. The molecular weight excluding hydrogens is 619 g/mol. The van der Waals surface area contributed by atoms with Gasteiger partial charge in [-0.1, -0.05) is 26.0 Å². The van der Waals surface area contributed by atoms with E-state index in [0.29, 0.717) is 37.1 Å². The van der Waals surface area contributed by atoms with Crippen LogP contribution in [0.1, 0.15) is 45.6 Å². The molecule has 0 spiro atoms. The van der Waals surface area contributed by atoms with E-state index in [-0.39, 0.29) is 36.5 Å². The molecule has 2 fully saturated rings. The molecule has 0 aliphatic carbocycles. The molecule has 2 saturated heterocycles. The highest BCUT2D eigenvalue weighted by atomic mass is 32.2. The number of piperazine rings is 1. The molecule has 3 aliphatic rings. The Labute approximate surface area is 268 Å². The minimum atomic E-state index is -3.89. The van der Waals surface area contributed by atoms with Crippen LogP contribution in [0.5, 0.6) is 0 Å². The molecule has 0 unspecified atom stereocenters. The first kappa shape index (κ1) is 34.0. The minimum absolute atomic E-state index is 0.0483. The third-order valence-corrected chi connectivity index (χ3v) is 10.9. The van der Waals surface area contributed by atoms with E-state index in [9.17, 15) is 23.1 Å². The molecule has 0 radical (unpaired) electrons. The highest BCUT2D eigenvalue weighted by molar-refractivity contribution is 7.90. The second-order valence-corrected chi connectivity index (χ2v) is 14.8. The lowest BCUT2D eigenvalue weighted by molar-refractivity contribution is -0.151. The zero-order valence-corrected chi connectivity index (χ0v) is 27.5. The van der Waals surface area contributed by atoms with Crippen LogP contribution in [-0.4, -0.2) is 115 Å². The highest BCUT2D eigenvalue weighted by Crippen LogP contribution is 2.29. The van der Waals surface area contributed by atoms with Crippen LogP contribution >= 0.6 is 0 Å². The average molecular weight is 663 g/mol. The predicted molar refractivity (Wildman–Crippen MR) is 169 cm³/mol. The number of nitrogens with zero attached hydrogens (tertiary/aromatic N) is 4. The number of benzene rings is 1. The largest absolute Gasteiger partial charge is 0.457 e. The van der Waals surface area contributed by atoms with E-state index < -0.39 is 57.4 Å². The number of carbonyl (C=O) groups is 2. The molecule has 1 amide bonds. The quantitative estimate of drug-likeness (QED) is 0.375. The number of fused-ring (bicyclic) bond motifs is 1. The van der Waals surface area contributed by atoms with Gasteiger partial charge < -0.3 is 29.1 Å². The molecule has 12 nitrogen and oxygen atoms in total. The Bertz CT molecular complexity index is 1600. The predicted octanol–water partition coefficient (Wildman–Crippen LogP) is 3.19. The van der Waals surface area contributed by atoms with Crippen LogP contribution < -0.4 is 0 Å². The summed E-state index contributed by atoms with van der Waals surface area (Å²) in [6, 6.07) is 2.80. The topological polar surface area (TPSA) is 141 Å². The Morgan fingerprint density at radius 1 is 1.13 bits per heavy atom. The molecule has 252 valence electrons. The number of likely N-dealkylation sites (N-methyl/N-ethyl adjacent to an activating group) is 1. The van der Waals surface area contributed by atoms with Gasteiger partial charge in [0.2, 0.25) is 0 Å². The molecule has 2 aromatic rings. The molecule has 1 aromatic carbocycles. The first-order chi connectivity index (χ1) is 21.8. The molecule has 0 saturated carbocycles. The first-order valence-electron chi connectivity index (χ1n) is 15.7. The highest BCUT2D eigenvalue weighted by Gasteiger charge is 2.36. The second-order valence-electron chi connectivity index (χ2n) is 12.7. The summed E-state index contributed by atoms with van der Waals surface area (Å²) < 4.78 is 59.0. The maximum absolute atomic E-state index is 15.2. The van der Waals surface area contributed by atoms with Crippen molar-refractivity contribution in [3.8, 4) is 0 Å². The molecule has 3 aliphatic heterocycles. The average Bonchev–Trinajstić information content (AvgIpc) is 3.41. The summed E-state index contributed by atoms with van der Waals surface area (Å²) in [7, 11) is -1.88. The van der Waals surface area contributed by atoms with Crippen molar-refractivity contribution in [3.63, 3.8) is 0 Å². The standard InChI is InChI=1S/C32H43FN4O8S/c1-20-5-7-24(38)16-30(39)45-31(21(2)6-8-29(20)44-32(40)36-11-9-35(4)10-12-36)22(3)13-23-14-27(33)26-17-34-37(28(26)15-23)46(41,42)25-18-43-19-25/h6,8,13-15,17,20-21,24-25,29,31,38H,5,7,9-12,16,18-19H2,1-4H3/b8-6-,22-13-/t20-,21-,24+,29-,31-/m1/s1. The van der Waals surface area contributed by atoms with Crippen LogP contribution in [0.3, 0.4) is 0 Å². The van der Waals surface area contributed by atoms with Crippen molar-refractivity contribution < 1.29 is 41.7 Å². The molecular formula is C32H43FN4O8S. The molecule has 4 heterocycles. The molecule has 46 heavy (non-hydrogen) atoms. The molecule has 14 heteroatoms. The second kappa shape index (κ2) is 14.2. The Morgan fingerprint density at radius 2 is 1.85 bits per heavy atom. The summed E-state index contributed by atoms with van der Waals surface area (Å²) >= 11 is 0. The number of esters is 1. The van der Waals surface area contributed by atoms with Crippen LogP contribution in [0.15, 0.2) is 36.1 Å². The fourth-order valence-corrected chi connectivity index (χ4v) is 7.29. The number of rotatable bonds is 5. The fourth-order valence-electron chi connectivity index (χ4n) is 5.87. The third kappa shape index (κ3) is 7.62. The van der Waals surface area contributed by atoms with Crippen LogP contribution in [0.2, 0.25) is 0 Å². The van der Waals surface area contributed by atoms with E-state index in [0.717, 1.165) is 17.2 Å². The van der Waals surface area contributed by atoms with E-state index in [2.05, 4.69) is 10.00 Å². The van der Waals surface area contributed by atoms with E-state index in [1.54, 1.807) is 17.9 Å². The van der Waals surface area contributed by atoms with Gasteiger partial charge in [0.15, 0.2) is 0 Å². The summed E-state index contributed by atoms with van der Waals surface area (Å²) in [5, 5.41) is 13.9. The van der Waals surface area contributed by atoms with Crippen molar-refractivity contribution >= 4 is 39.1 Å². The van der Waals surface area contributed by atoms with E-state index in [1.807, 2.05) is 33.0 Å². The zero-order valence-electron chi connectivity index (χ0n) is 26.7. The van der Waals surface area contributed by atoms with Crippen LogP contribution in [0, 0.1) is 17.7 Å². The number of amides is 1. The summed E-state index contributed by atoms with van der Waals surface area (Å²) in [4.78, 5) is 29.8. The number of ether oxygens (including phenoxy) is 3. The molecule has 1 aromatic heterocycles. The van der Waals surface area contributed by atoms with E-state index in [4.69, 9.17) is 14.2 Å². The SMILES string of the molecule is C/C(=C/c1cc(F)c2cnn(S(=O)(=O)C3COC3)c2c1)[C@@H]1OC(=O)C[C@@H](O)CC[C@@H](C)[C@H](OC(=O)N2CCN(C)CC2)/C=C\[C@H]1C. The lowest BCUT2D eigenvalue weighted by Crippen LogP contribution is -2.48. The lowest BCUT2D eigenvalue weighted by atomic mass is 9.91. The number of cyclic esters (lactones) is 1. The molecule has 1 N–H and O–H groups in total. The number of aromatic nitrogens is 2. The van der Waals surface area contributed by atoms with Gasteiger partial charge in [0.1, 0.15) is 23.3 Å². The normalized spacial score (nSPS) is 28.6. The van der Waals surface area contributed by atoms with Crippen LogP contribution in [0.25, 0.3) is 17.0 Å². The number of hydrogen-bond acceptors (Lipinski definition) is 10. The van der Waals surface area contributed by atoms with Crippen molar-refractivity contribution in [2.45, 2.75) is 63.6 Å². The van der Waals surface area contributed by atoms with Crippen molar-refractivity contribution in [3.05, 3.63) is 47.4 Å². The summed E-state index contributed by atoms with van der Waals surface area (Å²) in [5.74, 6) is -1.74. The van der Waals surface area contributed by atoms with Gasteiger partial charge in [-0.05, 0) is 62.1 Å². The first-order valence-corrected chi connectivity index (χ1v) is 17.2. The fraction of sp³-hybridized carbons (Fsp3) is 0.594. The van der Waals surface area contributed by atoms with Crippen molar-refractivity contribution in [1.82, 2.24) is 19.0 Å². The molecule has 5 atom stereocenters. The molecule has 5 rings (SSSR count). The number of aliphatic hydroxyl groups excluding tert-OH is 1. The van der Waals surface area contributed by atoms with Gasteiger partial charge in [-0.15, -0.1) is 0 Å². The Balaban J connectivity index is 1.42. The van der Waals surface area contributed by atoms with Crippen LogP contribution in [0.4, 0.5) is 9.18 Å². The van der Waals surface area contributed by atoms with Gasteiger partial charge in [-0.25, -0.2) is 17.6 Å². The Hall–Kier alpha value is -3.33. The van der Waals surface area contributed by atoms with Crippen molar-refractivity contribution in [1.29, 1.82) is 0 Å². The van der Waals surface area contributed by atoms with Crippen LogP contribution in [-0.2, 0) is 29.0 Å². The number of hydrogen-bond donors (Lipinski definition) is 1. The van der Waals surface area contributed by atoms with Gasteiger partial charge in [0.25, 0.3) is 10.0 Å². The molecule has 0 bridgehead atoms.